The van der Waals surface area contributed by atoms with Crippen molar-refractivity contribution in [1.29, 1.82) is 0 Å². The fraction of sp³-hybridized carbons (Fsp3) is 0.333. The average molecular weight is 292 g/mol. The number of anilines is 1. The lowest BCUT2D eigenvalue weighted by molar-refractivity contribution is 0.575. The van der Waals surface area contributed by atoms with E-state index in [4.69, 9.17) is 9.97 Å². The van der Waals surface area contributed by atoms with E-state index in [9.17, 15) is 0 Å². The molecule has 1 N–H and O–H groups in total. The second-order valence-corrected chi connectivity index (χ2v) is 6.00. The Labute approximate surface area is 130 Å². The minimum absolute atomic E-state index is 0.801. The van der Waals surface area contributed by atoms with Crippen LogP contribution in [0.1, 0.15) is 25.0 Å². The van der Waals surface area contributed by atoms with Gasteiger partial charge < -0.3 is 9.88 Å². The van der Waals surface area contributed by atoms with Crippen LogP contribution in [0.15, 0.2) is 36.4 Å². The van der Waals surface area contributed by atoms with E-state index in [0.717, 1.165) is 47.0 Å². The third-order valence-electron chi connectivity index (χ3n) is 4.29. The van der Waals surface area contributed by atoms with Crippen molar-refractivity contribution in [2.75, 3.05) is 18.0 Å². The van der Waals surface area contributed by atoms with E-state index in [0.29, 0.717) is 0 Å². The van der Waals surface area contributed by atoms with E-state index in [1.54, 1.807) is 0 Å². The first-order chi connectivity index (χ1) is 10.8. The van der Waals surface area contributed by atoms with Crippen molar-refractivity contribution in [3.05, 3.63) is 42.1 Å². The number of H-pyrrole nitrogens is 1. The number of rotatable bonds is 2. The molecule has 0 radical (unpaired) electrons. The maximum atomic E-state index is 4.90. The number of nitrogens with one attached hydrogen (secondary N) is 1. The van der Waals surface area contributed by atoms with Crippen molar-refractivity contribution in [2.45, 2.75) is 26.2 Å². The molecule has 4 rings (SSSR count). The molecule has 4 nitrogen and oxygen atoms in total. The SMILES string of the molecule is Cc1cc2c(N3CCCCC3)nc(-c3ccccc3)nc2[nH]1. The number of aryl methyl sites for hydroxylation is 1. The van der Waals surface area contributed by atoms with E-state index in [2.05, 4.69) is 35.0 Å². The van der Waals surface area contributed by atoms with E-state index in [1.807, 2.05) is 18.2 Å². The van der Waals surface area contributed by atoms with Crippen LogP contribution in [0.4, 0.5) is 5.82 Å². The molecule has 0 unspecified atom stereocenters. The summed E-state index contributed by atoms with van der Waals surface area (Å²) in [5.41, 5.74) is 3.13. The number of aromatic amines is 1. The predicted octanol–water partition coefficient (Wildman–Crippen LogP) is 3.92. The van der Waals surface area contributed by atoms with E-state index in [1.165, 1.54) is 19.3 Å². The number of hydrogen-bond acceptors (Lipinski definition) is 3. The molecule has 3 aromatic rings. The fourth-order valence-electron chi connectivity index (χ4n) is 3.19. The molecule has 0 aliphatic carbocycles. The second-order valence-electron chi connectivity index (χ2n) is 6.00. The molecular weight excluding hydrogens is 272 g/mol. The van der Waals surface area contributed by atoms with Gasteiger partial charge in [0.05, 0.1) is 5.39 Å². The Morgan fingerprint density at radius 3 is 2.55 bits per heavy atom. The summed E-state index contributed by atoms with van der Waals surface area (Å²) in [6, 6.07) is 12.4. The van der Waals surface area contributed by atoms with Crippen LogP contribution in [0.2, 0.25) is 0 Å². The number of piperidine rings is 1. The summed E-state index contributed by atoms with van der Waals surface area (Å²) < 4.78 is 0. The van der Waals surface area contributed by atoms with Gasteiger partial charge in [0.25, 0.3) is 0 Å². The van der Waals surface area contributed by atoms with E-state index < -0.39 is 0 Å². The fourth-order valence-corrected chi connectivity index (χ4v) is 3.19. The number of benzene rings is 1. The Kier molecular flexibility index (Phi) is 3.29. The van der Waals surface area contributed by atoms with Gasteiger partial charge in [-0.05, 0) is 32.3 Å². The molecule has 1 aliphatic rings. The van der Waals surface area contributed by atoms with Gasteiger partial charge in [-0.15, -0.1) is 0 Å². The Bertz CT molecular complexity index is 785. The van der Waals surface area contributed by atoms with E-state index >= 15 is 0 Å². The molecule has 22 heavy (non-hydrogen) atoms. The zero-order valence-electron chi connectivity index (χ0n) is 12.8. The molecule has 0 saturated carbocycles. The Balaban J connectivity index is 1.89. The molecule has 4 heteroatoms. The van der Waals surface area contributed by atoms with Gasteiger partial charge in [0.2, 0.25) is 0 Å². The van der Waals surface area contributed by atoms with Crippen LogP contribution in [-0.4, -0.2) is 28.0 Å². The van der Waals surface area contributed by atoms with Crippen molar-refractivity contribution in [2.24, 2.45) is 0 Å². The Morgan fingerprint density at radius 2 is 1.77 bits per heavy atom. The molecule has 2 aromatic heterocycles. The summed E-state index contributed by atoms with van der Waals surface area (Å²) in [6.45, 7) is 4.25. The lowest BCUT2D eigenvalue weighted by atomic mass is 10.1. The van der Waals surface area contributed by atoms with Crippen molar-refractivity contribution >= 4 is 16.9 Å². The van der Waals surface area contributed by atoms with Gasteiger partial charge in [-0.1, -0.05) is 30.3 Å². The van der Waals surface area contributed by atoms with Crippen LogP contribution in [0, 0.1) is 6.92 Å². The molecule has 0 atom stereocenters. The summed E-state index contributed by atoms with van der Waals surface area (Å²) in [4.78, 5) is 15.4. The molecule has 3 heterocycles. The topological polar surface area (TPSA) is 44.8 Å². The smallest absolute Gasteiger partial charge is 0.163 e. The highest BCUT2D eigenvalue weighted by Crippen LogP contribution is 2.29. The van der Waals surface area contributed by atoms with Crippen molar-refractivity contribution < 1.29 is 0 Å². The first-order valence-electron chi connectivity index (χ1n) is 7.99. The molecule has 1 fully saturated rings. The van der Waals surface area contributed by atoms with Crippen LogP contribution in [0.3, 0.4) is 0 Å². The molecule has 1 aliphatic heterocycles. The first-order valence-corrected chi connectivity index (χ1v) is 7.99. The van der Waals surface area contributed by atoms with Crippen LogP contribution in [0.25, 0.3) is 22.4 Å². The first kappa shape index (κ1) is 13.3. The van der Waals surface area contributed by atoms with Gasteiger partial charge in [-0.2, -0.15) is 0 Å². The largest absolute Gasteiger partial charge is 0.356 e. The molecule has 0 amide bonds. The van der Waals surface area contributed by atoms with Crippen molar-refractivity contribution in [1.82, 2.24) is 15.0 Å². The monoisotopic (exact) mass is 292 g/mol. The van der Waals surface area contributed by atoms with Crippen LogP contribution < -0.4 is 4.90 Å². The standard InChI is InChI=1S/C18H20N4/c1-13-12-15-17(19-13)20-16(14-8-4-2-5-9-14)21-18(15)22-10-6-3-7-11-22/h2,4-5,8-9,12H,3,6-7,10-11H2,1H3,(H,19,20,21). The maximum Gasteiger partial charge on any atom is 0.163 e. The van der Waals surface area contributed by atoms with Crippen LogP contribution in [0.5, 0.6) is 0 Å². The van der Waals surface area contributed by atoms with Gasteiger partial charge in [0, 0.05) is 24.3 Å². The normalized spacial score (nSPS) is 15.4. The zero-order valence-corrected chi connectivity index (χ0v) is 12.8. The third-order valence-corrected chi connectivity index (χ3v) is 4.29. The lowest BCUT2D eigenvalue weighted by Crippen LogP contribution is -2.30. The second kappa shape index (κ2) is 5.44. The summed E-state index contributed by atoms with van der Waals surface area (Å²) in [5.74, 6) is 1.88. The number of aromatic nitrogens is 3. The molecular formula is C18H20N4. The number of fused-ring (bicyclic) bond motifs is 1. The summed E-state index contributed by atoms with van der Waals surface area (Å²) in [7, 11) is 0. The summed E-state index contributed by atoms with van der Waals surface area (Å²) in [6.07, 6.45) is 3.81. The molecule has 1 saturated heterocycles. The van der Waals surface area contributed by atoms with Crippen molar-refractivity contribution in [3.8, 4) is 11.4 Å². The minimum Gasteiger partial charge on any atom is -0.356 e. The third kappa shape index (κ3) is 2.34. The van der Waals surface area contributed by atoms with E-state index in [-0.39, 0.29) is 0 Å². The molecule has 112 valence electrons. The zero-order chi connectivity index (χ0) is 14.9. The lowest BCUT2D eigenvalue weighted by Gasteiger charge is -2.28. The van der Waals surface area contributed by atoms with Crippen LogP contribution in [-0.2, 0) is 0 Å². The summed E-state index contributed by atoms with van der Waals surface area (Å²) in [5, 5.41) is 1.14. The quantitative estimate of drug-likeness (QED) is 0.778. The molecule has 1 aromatic carbocycles. The highest BCUT2D eigenvalue weighted by molar-refractivity contribution is 5.90. The van der Waals surface area contributed by atoms with Gasteiger partial charge >= 0.3 is 0 Å². The predicted molar refractivity (Wildman–Crippen MR) is 90.1 cm³/mol. The minimum atomic E-state index is 0.801. The highest BCUT2D eigenvalue weighted by atomic mass is 15.2. The number of hydrogen-bond donors (Lipinski definition) is 1. The molecule has 0 bridgehead atoms. The number of nitrogens with zero attached hydrogens (tertiary/aromatic N) is 3. The van der Waals surface area contributed by atoms with Crippen LogP contribution >= 0.6 is 0 Å². The highest BCUT2D eigenvalue weighted by Gasteiger charge is 2.18. The summed E-state index contributed by atoms with van der Waals surface area (Å²) >= 11 is 0. The van der Waals surface area contributed by atoms with Gasteiger partial charge in [-0.25, -0.2) is 9.97 Å². The maximum absolute atomic E-state index is 4.90. The van der Waals surface area contributed by atoms with Gasteiger partial charge in [0.15, 0.2) is 5.82 Å². The Hall–Kier alpha value is -2.36. The van der Waals surface area contributed by atoms with Gasteiger partial charge in [-0.3, -0.25) is 0 Å². The molecule has 0 spiro atoms. The average Bonchev–Trinajstić information content (AvgIpc) is 2.95. The van der Waals surface area contributed by atoms with Crippen molar-refractivity contribution in [3.63, 3.8) is 0 Å². The Morgan fingerprint density at radius 1 is 1.00 bits per heavy atom. The van der Waals surface area contributed by atoms with Gasteiger partial charge in [0.1, 0.15) is 11.5 Å².